The molecule has 0 fully saturated rings. The summed E-state index contributed by atoms with van der Waals surface area (Å²) in [6, 6.07) is 20.8. The van der Waals surface area contributed by atoms with Crippen LogP contribution in [0.4, 0.5) is 0 Å². The van der Waals surface area contributed by atoms with Gasteiger partial charge in [0.15, 0.2) is 5.16 Å². The second-order valence-electron chi connectivity index (χ2n) is 6.58. The predicted octanol–water partition coefficient (Wildman–Crippen LogP) is 5.65. The van der Waals surface area contributed by atoms with Crippen molar-refractivity contribution in [2.45, 2.75) is 17.8 Å². The number of hydrogen-bond acceptors (Lipinski definition) is 4. The largest absolute Gasteiger partial charge is 0.495 e. The zero-order valence-corrected chi connectivity index (χ0v) is 17.6. The molecule has 0 saturated carbocycles. The van der Waals surface area contributed by atoms with Gasteiger partial charge in [-0.25, -0.2) is 4.98 Å². The summed E-state index contributed by atoms with van der Waals surface area (Å²) in [7, 11) is 1.60. The molecule has 1 aromatic heterocycles. The van der Waals surface area contributed by atoms with Gasteiger partial charge in [-0.15, -0.1) is 0 Å². The highest BCUT2D eigenvalue weighted by atomic mass is 35.5. The second kappa shape index (κ2) is 8.31. The Hall–Kier alpha value is -2.76. The molecule has 0 atom stereocenters. The van der Waals surface area contributed by atoms with Crippen molar-refractivity contribution in [1.29, 1.82) is 0 Å². The first-order valence-electron chi connectivity index (χ1n) is 9.11. The van der Waals surface area contributed by atoms with Crippen LogP contribution in [-0.2, 0) is 5.75 Å². The van der Waals surface area contributed by atoms with Gasteiger partial charge in [-0.2, -0.15) is 0 Å². The summed E-state index contributed by atoms with van der Waals surface area (Å²) >= 11 is 7.66. The van der Waals surface area contributed by atoms with Crippen molar-refractivity contribution < 1.29 is 4.74 Å². The highest BCUT2D eigenvalue weighted by Gasteiger charge is 2.17. The van der Waals surface area contributed by atoms with E-state index in [0.29, 0.717) is 38.3 Å². The topological polar surface area (TPSA) is 44.1 Å². The third-order valence-electron chi connectivity index (χ3n) is 4.74. The molecule has 146 valence electrons. The Morgan fingerprint density at radius 1 is 1.07 bits per heavy atom. The summed E-state index contributed by atoms with van der Waals surface area (Å²) in [6.07, 6.45) is 0. The molecule has 0 N–H and O–H groups in total. The van der Waals surface area contributed by atoms with Crippen LogP contribution in [0.25, 0.3) is 16.6 Å². The first kappa shape index (κ1) is 19.6. The lowest BCUT2D eigenvalue weighted by molar-refractivity contribution is 0.411. The number of ether oxygens (including phenoxy) is 1. The quantitative estimate of drug-likeness (QED) is 0.308. The summed E-state index contributed by atoms with van der Waals surface area (Å²) in [6.45, 7) is 2.08. The van der Waals surface area contributed by atoms with Crippen molar-refractivity contribution in [2.75, 3.05) is 7.11 Å². The molecule has 29 heavy (non-hydrogen) atoms. The molecular weight excluding hydrogens is 404 g/mol. The van der Waals surface area contributed by atoms with Gasteiger partial charge in [0.2, 0.25) is 0 Å². The van der Waals surface area contributed by atoms with E-state index in [2.05, 4.69) is 19.1 Å². The number of aromatic nitrogens is 2. The lowest BCUT2D eigenvalue weighted by Crippen LogP contribution is -2.22. The minimum absolute atomic E-state index is 0.150. The van der Waals surface area contributed by atoms with Crippen LogP contribution in [0, 0.1) is 6.92 Å². The first-order chi connectivity index (χ1) is 14.1. The lowest BCUT2D eigenvalue weighted by atomic mass is 10.1. The fourth-order valence-electron chi connectivity index (χ4n) is 3.18. The first-order valence-corrected chi connectivity index (χ1v) is 10.5. The zero-order chi connectivity index (χ0) is 20.4. The molecule has 4 aromatic rings. The minimum atomic E-state index is -0.150. The molecule has 4 nitrogen and oxygen atoms in total. The van der Waals surface area contributed by atoms with Crippen molar-refractivity contribution in [2.24, 2.45) is 0 Å². The number of aryl methyl sites for hydroxylation is 1. The van der Waals surface area contributed by atoms with Crippen LogP contribution in [0.2, 0.25) is 5.02 Å². The van der Waals surface area contributed by atoms with Crippen LogP contribution >= 0.6 is 23.4 Å². The van der Waals surface area contributed by atoms with Gasteiger partial charge in [0.25, 0.3) is 5.56 Å². The van der Waals surface area contributed by atoms with Gasteiger partial charge in [-0.1, -0.05) is 59.8 Å². The Morgan fingerprint density at radius 2 is 1.83 bits per heavy atom. The number of fused-ring (bicyclic) bond motifs is 1. The number of hydrogen-bond donors (Lipinski definition) is 0. The van der Waals surface area contributed by atoms with Gasteiger partial charge < -0.3 is 4.74 Å². The average molecular weight is 423 g/mol. The Kier molecular flexibility index (Phi) is 5.60. The molecular formula is C23H19ClN2O2S. The molecule has 0 radical (unpaired) electrons. The number of para-hydroxylation sites is 2. The highest BCUT2D eigenvalue weighted by Crippen LogP contribution is 2.29. The van der Waals surface area contributed by atoms with E-state index >= 15 is 0 Å². The summed E-state index contributed by atoms with van der Waals surface area (Å²) < 4.78 is 7.13. The van der Waals surface area contributed by atoms with E-state index in [1.165, 1.54) is 22.9 Å². The smallest absolute Gasteiger partial charge is 0.266 e. The van der Waals surface area contributed by atoms with E-state index in [1.54, 1.807) is 29.9 Å². The van der Waals surface area contributed by atoms with Crippen LogP contribution in [0.1, 0.15) is 11.1 Å². The highest BCUT2D eigenvalue weighted by molar-refractivity contribution is 7.98. The maximum absolute atomic E-state index is 13.4. The molecule has 0 aliphatic rings. The number of halogens is 1. The molecule has 0 spiro atoms. The molecule has 0 amide bonds. The predicted molar refractivity (Wildman–Crippen MR) is 120 cm³/mol. The minimum Gasteiger partial charge on any atom is -0.495 e. The molecule has 0 aliphatic heterocycles. The van der Waals surface area contributed by atoms with E-state index in [0.717, 1.165) is 0 Å². The molecule has 0 bridgehead atoms. The van der Waals surface area contributed by atoms with E-state index in [9.17, 15) is 4.79 Å². The van der Waals surface area contributed by atoms with Crippen LogP contribution in [0.5, 0.6) is 5.75 Å². The molecule has 0 unspecified atom stereocenters. The van der Waals surface area contributed by atoms with Gasteiger partial charge in [0, 0.05) is 10.8 Å². The lowest BCUT2D eigenvalue weighted by Gasteiger charge is -2.16. The molecule has 6 heteroatoms. The van der Waals surface area contributed by atoms with Crippen molar-refractivity contribution in [3.63, 3.8) is 0 Å². The molecule has 0 saturated heterocycles. The van der Waals surface area contributed by atoms with Gasteiger partial charge in [0.1, 0.15) is 5.75 Å². The van der Waals surface area contributed by atoms with Crippen molar-refractivity contribution >= 4 is 34.3 Å². The van der Waals surface area contributed by atoms with Gasteiger partial charge in [-0.3, -0.25) is 9.36 Å². The molecule has 3 aromatic carbocycles. The number of thioether (sulfide) groups is 1. The third-order valence-corrected chi connectivity index (χ3v) is 5.97. The number of benzene rings is 3. The molecule has 0 aliphatic carbocycles. The number of nitrogens with zero attached hydrogens (tertiary/aromatic N) is 2. The van der Waals surface area contributed by atoms with Crippen LogP contribution in [0.15, 0.2) is 76.7 Å². The van der Waals surface area contributed by atoms with Gasteiger partial charge in [-0.05, 0) is 48.4 Å². The monoisotopic (exact) mass is 422 g/mol. The van der Waals surface area contributed by atoms with Crippen LogP contribution in [0.3, 0.4) is 0 Å². The van der Waals surface area contributed by atoms with E-state index in [-0.39, 0.29) is 5.56 Å². The van der Waals surface area contributed by atoms with Crippen molar-refractivity contribution in [3.8, 4) is 11.4 Å². The van der Waals surface area contributed by atoms with E-state index in [4.69, 9.17) is 21.3 Å². The Morgan fingerprint density at radius 3 is 2.62 bits per heavy atom. The summed E-state index contributed by atoms with van der Waals surface area (Å²) in [5.74, 6) is 1.31. The van der Waals surface area contributed by atoms with Crippen molar-refractivity contribution in [3.05, 3.63) is 93.2 Å². The fraction of sp³-hybridized carbons (Fsp3) is 0.130. The van der Waals surface area contributed by atoms with E-state index in [1.807, 2.05) is 36.4 Å². The fourth-order valence-corrected chi connectivity index (χ4v) is 4.42. The Bertz CT molecular complexity index is 1250. The third kappa shape index (κ3) is 3.88. The summed E-state index contributed by atoms with van der Waals surface area (Å²) in [5, 5.41) is 1.66. The normalized spacial score (nSPS) is 11.0. The van der Waals surface area contributed by atoms with Gasteiger partial charge >= 0.3 is 0 Å². The number of rotatable bonds is 5. The van der Waals surface area contributed by atoms with Crippen molar-refractivity contribution in [1.82, 2.24) is 9.55 Å². The van der Waals surface area contributed by atoms with Gasteiger partial charge in [0.05, 0.1) is 23.7 Å². The molecule has 1 heterocycles. The average Bonchev–Trinajstić information content (AvgIpc) is 2.73. The Labute approximate surface area is 178 Å². The Balaban J connectivity index is 1.91. The zero-order valence-electron chi connectivity index (χ0n) is 16.1. The van der Waals surface area contributed by atoms with Crippen LogP contribution in [-0.4, -0.2) is 16.7 Å². The maximum Gasteiger partial charge on any atom is 0.266 e. The van der Waals surface area contributed by atoms with E-state index < -0.39 is 0 Å². The second-order valence-corrected chi connectivity index (χ2v) is 7.96. The molecule has 4 rings (SSSR count). The van der Waals surface area contributed by atoms with Crippen LogP contribution < -0.4 is 10.3 Å². The summed E-state index contributed by atoms with van der Waals surface area (Å²) in [5.41, 5.74) is 3.50. The maximum atomic E-state index is 13.4. The summed E-state index contributed by atoms with van der Waals surface area (Å²) in [4.78, 5) is 18.2. The SMILES string of the molecule is COc1ccccc1-n1c(SCc2ccccc2C)nc2cc(Cl)ccc2c1=O. The number of methoxy groups -OCH3 is 1. The standard InChI is InChI=1S/C23H19ClN2O2S/c1-15-7-3-4-8-16(15)14-29-23-25-19-13-17(24)11-12-18(19)22(27)26(23)20-9-5-6-10-21(20)28-2/h3-13H,14H2,1-2H3.